The molecule has 20 heavy (non-hydrogen) atoms. The van der Waals surface area contributed by atoms with Crippen molar-refractivity contribution in [1.82, 2.24) is 4.98 Å². The SMILES string of the molecule is CCCNc1ccnc(COC2CC(C)OC(C)C2)c1. The predicted octanol–water partition coefficient (Wildman–Crippen LogP) is 3.38. The Labute approximate surface area is 121 Å². The van der Waals surface area contributed by atoms with Crippen LogP contribution in [0.15, 0.2) is 18.3 Å². The molecule has 0 aromatic carbocycles. The van der Waals surface area contributed by atoms with Crippen LogP contribution < -0.4 is 5.32 Å². The molecular weight excluding hydrogens is 252 g/mol. The summed E-state index contributed by atoms with van der Waals surface area (Å²) in [5.41, 5.74) is 2.10. The number of nitrogens with one attached hydrogen (secondary N) is 1. The van der Waals surface area contributed by atoms with Gasteiger partial charge in [-0.25, -0.2) is 0 Å². The summed E-state index contributed by atoms with van der Waals surface area (Å²) >= 11 is 0. The molecule has 0 amide bonds. The van der Waals surface area contributed by atoms with Gasteiger partial charge in [0.05, 0.1) is 30.6 Å². The van der Waals surface area contributed by atoms with Crippen LogP contribution in [0.2, 0.25) is 0 Å². The van der Waals surface area contributed by atoms with Crippen LogP contribution in [-0.4, -0.2) is 29.8 Å². The Bertz CT molecular complexity index is 401. The van der Waals surface area contributed by atoms with Crippen molar-refractivity contribution in [3.63, 3.8) is 0 Å². The van der Waals surface area contributed by atoms with Gasteiger partial charge >= 0.3 is 0 Å². The number of aromatic nitrogens is 1. The summed E-state index contributed by atoms with van der Waals surface area (Å²) in [4.78, 5) is 4.37. The van der Waals surface area contributed by atoms with Crippen LogP contribution in [-0.2, 0) is 16.1 Å². The molecule has 4 nitrogen and oxygen atoms in total. The Balaban J connectivity index is 1.84. The van der Waals surface area contributed by atoms with Crippen LogP contribution in [0, 0.1) is 0 Å². The molecule has 0 saturated carbocycles. The lowest BCUT2D eigenvalue weighted by Gasteiger charge is -2.31. The van der Waals surface area contributed by atoms with E-state index in [0.717, 1.165) is 37.2 Å². The largest absolute Gasteiger partial charge is 0.385 e. The molecule has 2 unspecified atom stereocenters. The number of rotatable bonds is 6. The maximum Gasteiger partial charge on any atom is 0.0892 e. The molecule has 0 aliphatic carbocycles. The molecular formula is C16H26N2O2. The van der Waals surface area contributed by atoms with Crippen LogP contribution in [0.5, 0.6) is 0 Å². The van der Waals surface area contributed by atoms with Crippen molar-refractivity contribution in [3.05, 3.63) is 24.0 Å². The van der Waals surface area contributed by atoms with E-state index in [1.165, 1.54) is 0 Å². The minimum Gasteiger partial charge on any atom is -0.385 e. The van der Waals surface area contributed by atoms with Gasteiger partial charge in [0.2, 0.25) is 0 Å². The highest BCUT2D eigenvalue weighted by Crippen LogP contribution is 2.22. The zero-order chi connectivity index (χ0) is 14.4. The molecule has 2 heterocycles. The second-order valence-electron chi connectivity index (χ2n) is 5.62. The highest BCUT2D eigenvalue weighted by molar-refractivity contribution is 5.42. The number of hydrogen-bond donors (Lipinski definition) is 1. The van der Waals surface area contributed by atoms with Gasteiger partial charge in [-0.15, -0.1) is 0 Å². The molecule has 0 radical (unpaired) electrons. The van der Waals surface area contributed by atoms with Crippen molar-refractivity contribution in [1.29, 1.82) is 0 Å². The van der Waals surface area contributed by atoms with E-state index >= 15 is 0 Å². The van der Waals surface area contributed by atoms with Crippen LogP contribution in [0.4, 0.5) is 5.69 Å². The summed E-state index contributed by atoms with van der Waals surface area (Å²) in [5, 5.41) is 3.37. The third kappa shape index (κ3) is 4.76. The molecule has 4 heteroatoms. The smallest absolute Gasteiger partial charge is 0.0892 e. The minimum atomic E-state index is 0.280. The Morgan fingerprint density at radius 2 is 2.10 bits per heavy atom. The van der Waals surface area contributed by atoms with Crippen molar-refractivity contribution < 1.29 is 9.47 Å². The monoisotopic (exact) mass is 278 g/mol. The van der Waals surface area contributed by atoms with Crippen molar-refractivity contribution in [3.8, 4) is 0 Å². The topological polar surface area (TPSA) is 43.4 Å². The molecule has 0 spiro atoms. The summed E-state index contributed by atoms with van der Waals surface area (Å²) in [7, 11) is 0. The highest BCUT2D eigenvalue weighted by atomic mass is 16.5. The first kappa shape index (κ1) is 15.3. The molecule has 1 aliphatic rings. The molecule has 1 fully saturated rings. The normalized spacial score (nSPS) is 26.4. The average molecular weight is 278 g/mol. The van der Waals surface area contributed by atoms with Crippen molar-refractivity contribution in [2.45, 2.75) is 65.0 Å². The summed E-state index contributed by atoms with van der Waals surface area (Å²) in [6.07, 6.45) is 5.75. The molecule has 1 saturated heterocycles. The number of pyridine rings is 1. The van der Waals surface area contributed by atoms with E-state index in [1.807, 2.05) is 12.3 Å². The molecule has 2 rings (SSSR count). The highest BCUT2D eigenvalue weighted by Gasteiger charge is 2.24. The summed E-state index contributed by atoms with van der Waals surface area (Å²) in [5.74, 6) is 0. The molecule has 2 atom stereocenters. The van der Waals surface area contributed by atoms with Crippen molar-refractivity contribution in [2.24, 2.45) is 0 Å². The van der Waals surface area contributed by atoms with Gasteiger partial charge in [-0.05, 0) is 45.2 Å². The lowest BCUT2D eigenvalue weighted by molar-refractivity contribution is -0.106. The Kier molecular flexibility index (Phi) is 5.80. The van der Waals surface area contributed by atoms with Crippen LogP contribution in [0.3, 0.4) is 0 Å². The van der Waals surface area contributed by atoms with E-state index < -0.39 is 0 Å². The van der Waals surface area contributed by atoms with E-state index in [4.69, 9.17) is 9.47 Å². The molecule has 1 aromatic rings. The second-order valence-corrected chi connectivity index (χ2v) is 5.62. The van der Waals surface area contributed by atoms with Gasteiger partial charge in [-0.1, -0.05) is 6.92 Å². The average Bonchev–Trinajstić information content (AvgIpc) is 2.42. The van der Waals surface area contributed by atoms with Gasteiger partial charge < -0.3 is 14.8 Å². The van der Waals surface area contributed by atoms with E-state index in [-0.39, 0.29) is 18.3 Å². The molecule has 112 valence electrons. The van der Waals surface area contributed by atoms with E-state index in [9.17, 15) is 0 Å². The van der Waals surface area contributed by atoms with Gasteiger partial charge in [0.25, 0.3) is 0 Å². The van der Waals surface area contributed by atoms with E-state index in [0.29, 0.717) is 6.61 Å². The third-order valence-corrected chi connectivity index (χ3v) is 3.52. The number of anilines is 1. The Morgan fingerprint density at radius 3 is 2.80 bits per heavy atom. The molecule has 1 N–H and O–H groups in total. The maximum absolute atomic E-state index is 6.00. The number of ether oxygens (including phenoxy) is 2. The fourth-order valence-electron chi connectivity index (χ4n) is 2.62. The zero-order valence-electron chi connectivity index (χ0n) is 12.8. The third-order valence-electron chi connectivity index (χ3n) is 3.52. The Morgan fingerprint density at radius 1 is 1.35 bits per heavy atom. The van der Waals surface area contributed by atoms with Gasteiger partial charge in [0.1, 0.15) is 0 Å². The predicted molar refractivity (Wildman–Crippen MR) is 80.8 cm³/mol. The minimum absolute atomic E-state index is 0.280. The first-order valence-electron chi connectivity index (χ1n) is 7.63. The molecule has 0 bridgehead atoms. The maximum atomic E-state index is 6.00. The Hall–Kier alpha value is -1.13. The summed E-state index contributed by atoms with van der Waals surface area (Å²) in [6.45, 7) is 7.94. The van der Waals surface area contributed by atoms with Crippen molar-refractivity contribution >= 4 is 5.69 Å². The second kappa shape index (κ2) is 7.60. The van der Waals surface area contributed by atoms with Gasteiger partial charge in [0, 0.05) is 18.4 Å². The summed E-state index contributed by atoms with van der Waals surface area (Å²) < 4.78 is 11.7. The number of nitrogens with zero attached hydrogens (tertiary/aromatic N) is 1. The van der Waals surface area contributed by atoms with E-state index in [1.54, 1.807) is 0 Å². The molecule has 1 aliphatic heterocycles. The van der Waals surface area contributed by atoms with Crippen LogP contribution >= 0.6 is 0 Å². The van der Waals surface area contributed by atoms with Gasteiger partial charge in [-0.2, -0.15) is 0 Å². The first-order valence-corrected chi connectivity index (χ1v) is 7.63. The zero-order valence-corrected chi connectivity index (χ0v) is 12.8. The van der Waals surface area contributed by atoms with Gasteiger partial charge in [-0.3, -0.25) is 4.98 Å². The quantitative estimate of drug-likeness (QED) is 0.866. The molecule has 1 aromatic heterocycles. The fourth-order valence-corrected chi connectivity index (χ4v) is 2.62. The van der Waals surface area contributed by atoms with E-state index in [2.05, 4.69) is 37.1 Å². The summed E-state index contributed by atoms with van der Waals surface area (Å²) in [6, 6.07) is 4.07. The van der Waals surface area contributed by atoms with Gasteiger partial charge in [0.15, 0.2) is 0 Å². The fraction of sp³-hybridized carbons (Fsp3) is 0.688. The van der Waals surface area contributed by atoms with Crippen LogP contribution in [0.25, 0.3) is 0 Å². The first-order chi connectivity index (χ1) is 9.67. The van der Waals surface area contributed by atoms with Crippen molar-refractivity contribution in [2.75, 3.05) is 11.9 Å². The lowest BCUT2D eigenvalue weighted by Crippen LogP contribution is -2.34. The number of hydrogen-bond acceptors (Lipinski definition) is 4. The van der Waals surface area contributed by atoms with Crippen LogP contribution in [0.1, 0.15) is 45.7 Å². The standard InChI is InChI=1S/C16H26N2O2/c1-4-6-17-14-5-7-18-15(10-14)11-19-16-8-12(2)20-13(3)9-16/h5,7,10,12-13,16H,4,6,8-9,11H2,1-3H3,(H,17,18). The lowest BCUT2D eigenvalue weighted by atomic mass is 10.0.